The number of sulfonamides is 1. The summed E-state index contributed by atoms with van der Waals surface area (Å²) in [4.78, 5) is 25.1. The Hall–Kier alpha value is -4.09. The molecule has 3 aromatic carbocycles. The van der Waals surface area contributed by atoms with Gasteiger partial charge in [0.15, 0.2) is 0 Å². The van der Waals surface area contributed by atoms with Gasteiger partial charge in [-0.1, -0.05) is 24.3 Å². The summed E-state index contributed by atoms with van der Waals surface area (Å²) in [5.41, 5.74) is 14.0. The van der Waals surface area contributed by atoms with Crippen LogP contribution in [0.2, 0.25) is 0 Å². The van der Waals surface area contributed by atoms with E-state index in [9.17, 15) is 18.0 Å². The summed E-state index contributed by atoms with van der Waals surface area (Å²) in [6, 6.07) is 17.1. The summed E-state index contributed by atoms with van der Waals surface area (Å²) in [6.07, 6.45) is 0. The zero-order valence-corrected chi connectivity index (χ0v) is 18.9. The first-order chi connectivity index (χ1) is 16.3. The van der Waals surface area contributed by atoms with Crippen LogP contribution in [0, 0.1) is 0 Å². The lowest BCUT2D eigenvalue weighted by molar-refractivity contribution is 0.102. The number of benzene rings is 3. The number of rotatable bonds is 7. The number of nitrogens with zero attached hydrogens (tertiary/aromatic N) is 1. The van der Waals surface area contributed by atoms with E-state index < -0.39 is 16.1 Å². The van der Waals surface area contributed by atoms with E-state index in [0.717, 1.165) is 4.31 Å². The van der Waals surface area contributed by atoms with Crippen molar-refractivity contribution in [1.29, 1.82) is 0 Å². The highest BCUT2D eigenvalue weighted by Gasteiger charge is 2.36. The number of nitrogens with one attached hydrogen (secondary N) is 3. The van der Waals surface area contributed by atoms with E-state index in [2.05, 4.69) is 16.0 Å². The fraction of sp³-hybridized carbons (Fsp3) is 0.130. The molecule has 4 rings (SSSR count). The third kappa shape index (κ3) is 4.65. The van der Waals surface area contributed by atoms with Gasteiger partial charge in [0.05, 0.1) is 23.6 Å². The van der Waals surface area contributed by atoms with Crippen LogP contribution in [0.4, 0.5) is 27.5 Å². The number of amides is 3. The minimum absolute atomic E-state index is 0.00873. The first-order valence-corrected chi connectivity index (χ1v) is 11.9. The fourth-order valence-corrected chi connectivity index (χ4v) is 4.95. The Morgan fingerprint density at radius 1 is 1.03 bits per heavy atom. The number of nitrogen functional groups attached to an aromatic ring is 1. The third-order valence-electron chi connectivity index (χ3n) is 5.24. The largest absolute Gasteiger partial charge is 0.397 e. The van der Waals surface area contributed by atoms with Crippen molar-refractivity contribution in [3.63, 3.8) is 0 Å². The molecule has 1 aliphatic heterocycles. The van der Waals surface area contributed by atoms with Crippen LogP contribution in [0.15, 0.2) is 71.6 Å². The summed E-state index contributed by atoms with van der Waals surface area (Å²) in [7, 11) is -4.09. The summed E-state index contributed by atoms with van der Waals surface area (Å²) in [5, 5.41) is 8.37. The number of hydrogen-bond acceptors (Lipinski definition) is 7. The predicted molar refractivity (Wildman–Crippen MR) is 131 cm³/mol. The smallest absolute Gasteiger partial charge is 0.336 e. The van der Waals surface area contributed by atoms with Gasteiger partial charge < -0.3 is 27.4 Å². The first kappa shape index (κ1) is 23.1. The lowest BCUT2D eigenvalue weighted by Crippen LogP contribution is -2.43. The average molecular weight is 481 g/mol. The van der Waals surface area contributed by atoms with Crippen molar-refractivity contribution >= 4 is 44.7 Å². The summed E-state index contributed by atoms with van der Waals surface area (Å²) in [5.74, 6) is -0.362. The van der Waals surface area contributed by atoms with Crippen LogP contribution in [0.1, 0.15) is 15.9 Å². The number of carbonyl (C=O) groups excluding carboxylic acids is 2. The number of nitrogens with two attached hydrogens (primary N) is 2. The van der Waals surface area contributed by atoms with E-state index in [1.165, 1.54) is 12.1 Å². The molecule has 1 aliphatic rings. The summed E-state index contributed by atoms with van der Waals surface area (Å²) in [6.45, 7) is 0.673. The minimum Gasteiger partial charge on any atom is -0.397 e. The van der Waals surface area contributed by atoms with Crippen molar-refractivity contribution in [2.24, 2.45) is 5.73 Å². The Bertz CT molecular complexity index is 1340. The van der Waals surface area contributed by atoms with Gasteiger partial charge in [-0.2, -0.15) is 0 Å². The van der Waals surface area contributed by atoms with Crippen LogP contribution in [-0.4, -0.2) is 37.8 Å². The molecule has 0 unspecified atom stereocenters. The number of anilines is 4. The van der Waals surface area contributed by atoms with E-state index in [1.807, 2.05) is 0 Å². The molecule has 10 nitrogen and oxygen atoms in total. The molecule has 0 bridgehead atoms. The maximum atomic E-state index is 13.2. The molecule has 1 heterocycles. The van der Waals surface area contributed by atoms with Crippen LogP contribution in [-0.2, 0) is 16.6 Å². The van der Waals surface area contributed by atoms with Crippen LogP contribution < -0.4 is 27.4 Å². The predicted octanol–water partition coefficient (Wildman–Crippen LogP) is 2.63. The maximum absolute atomic E-state index is 13.2. The quantitative estimate of drug-likeness (QED) is 0.325. The van der Waals surface area contributed by atoms with Gasteiger partial charge in [0.2, 0.25) is 0 Å². The van der Waals surface area contributed by atoms with Gasteiger partial charge in [-0.25, -0.2) is 17.5 Å². The molecular weight excluding hydrogens is 456 g/mol. The van der Waals surface area contributed by atoms with Crippen LogP contribution in [0.5, 0.6) is 0 Å². The van der Waals surface area contributed by atoms with E-state index in [0.29, 0.717) is 41.3 Å². The molecule has 0 radical (unpaired) electrons. The number of urea groups is 1. The number of hydrogen-bond donors (Lipinski definition) is 5. The Kier molecular flexibility index (Phi) is 6.39. The Balaban J connectivity index is 1.52. The highest BCUT2D eigenvalue weighted by atomic mass is 32.2. The molecule has 0 spiro atoms. The number of para-hydroxylation sites is 2. The standard InChI is InChI=1S/C23H24N6O4S/c24-11-12-26-17-9-10-20-21(13-17)34(32,33)29(23(31)28-20)14-15-5-7-16(8-6-15)22(30)27-19-4-2-1-3-18(19)25/h1-10,13,26H,11-12,14,24-25H2,(H,27,30)(H,28,31). The lowest BCUT2D eigenvalue weighted by atomic mass is 10.1. The average Bonchev–Trinajstić information content (AvgIpc) is 2.82. The van der Waals surface area contributed by atoms with Crippen molar-refractivity contribution in [2.75, 3.05) is 34.8 Å². The first-order valence-electron chi connectivity index (χ1n) is 10.5. The van der Waals surface area contributed by atoms with Gasteiger partial charge in [-0.05, 0) is 48.0 Å². The molecule has 176 valence electrons. The molecule has 0 aromatic heterocycles. The van der Waals surface area contributed by atoms with E-state index in [1.54, 1.807) is 54.6 Å². The number of carbonyl (C=O) groups is 2. The van der Waals surface area contributed by atoms with Crippen molar-refractivity contribution < 1.29 is 18.0 Å². The van der Waals surface area contributed by atoms with Crippen LogP contribution in [0.25, 0.3) is 0 Å². The second-order valence-corrected chi connectivity index (χ2v) is 9.44. The SMILES string of the molecule is NCCNc1ccc2c(c1)S(=O)(=O)N(Cc1ccc(C(=O)Nc3ccccc3N)cc1)C(=O)N2. The molecular formula is C23H24N6O4S. The molecule has 11 heteroatoms. The molecule has 3 aromatic rings. The summed E-state index contributed by atoms with van der Waals surface area (Å²) < 4.78 is 27.1. The van der Waals surface area contributed by atoms with Crippen molar-refractivity contribution in [2.45, 2.75) is 11.4 Å². The molecule has 7 N–H and O–H groups in total. The second kappa shape index (κ2) is 9.41. The lowest BCUT2D eigenvalue weighted by Gasteiger charge is -2.29. The van der Waals surface area contributed by atoms with Crippen molar-refractivity contribution in [1.82, 2.24) is 4.31 Å². The van der Waals surface area contributed by atoms with Crippen molar-refractivity contribution in [3.8, 4) is 0 Å². The minimum atomic E-state index is -4.09. The highest BCUT2D eigenvalue weighted by molar-refractivity contribution is 7.90. The Labute approximate surface area is 197 Å². The van der Waals surface area contributed by atoms with Crippen molar-refractivity contribution in [3.05, 3.63) is 77.9 Å². The van der Waals surface area contributed by atoms with Gasteiger partial charge in [0.1, 0.15) is 4.90 Å². The maximum Gasteiger partial charge on any atom is 0.336 e. The zero-order chi connectivity index (χ0) is 24.3. The van der Waals surface area contributed by atoms with Gasteiger partial charge >= 0.3 is 6.03 Å². The van der Waals surface area contributed by atoms with E-state index in [4.69, 9.17) is 11.5 Å². The Morgan fingerprint density at radius 3 is 2.47 bits per heavy atom. The van der Waals surface area contributed by atoms with Gasteiger partial charge in [-0.15, -0.1) is 0 Å². The zero-order valence-electron chi connectivity index (χ0n) is 18.1. The highest BCUT2D eigenvalue weighted by Crippen LogP contribution is 2.33. The van der Waals surface area contributed by atoms with Gasteiger partial charge in [0, 0.05) is 24.3 Å². The fourth-order valence-electron chi connectivity index (χ4n) is 3.46. The second-order valence-electron chi connectivity index (χ2n) is 7.61. The van der Waals surface area contributed by atoms with E-state index >= 15 is 0 Å². The van der Waals surface area contributed by atoms with Gasteiger partial charge in [-0.3, -0.25) is 4.79 Å². The van der Waals surface area contributed by atoms with Crippen LogP contribution >= 0.6 is 0 Å². The Morgan fingerprint density at radius 2 is 1.76 bits per heavy atom. The topological polar surface area (TPSA) is 160 Å². The van der Waals surface area contributed by atoms with Crippen LogP contribution in [0.3, 0.4) is 0 Å². The molecule has 0 fully saturated rings. The number of fused-ring (bicyclic) bond motifs is 1. The molecule has 0 saturated carbocycles. The normalized spacial score (nSPS) is 14.1. The molecule has 34 heavy (non-hydrogen) atoms. The van der Waals surface area contributed by atoms with Gasteiger partial charge in [0.25, 0.3) is 15.9 Å². The van der Waals surface area contributed by atoms with E-state index in [-0.39, 0.29) is 23.0 Å². The monoisotopic (exact) mass is 480 g/mol. The molecule has 0 atom stereocenters. The third-order valence-corrected chi connectivity index (χ3v) is 7.01. The molecule has 0 saturated heterocycles. The summed E-state index contributed by atoms with van der Waals surface area (Å²) >= 11 is 0. The molecule has 3 amide bonds. The molecule has 0 aliphatic carbocycles.